The first kappa shape index (κ1) is 21.5. The molecule has 1 aliphatic carbocycles. The van der Waals surface area contributed by atoms with Gasteiger partial charge in [-0.15, -0.1) is 0 Å². The number of sulfonamides is 1. The number of hydrogen-bond acceptors (Lipinski definition) is 5. The van der Waals surface area contributed by atoms with E-state index in [-0.39, 0.29) is 17.4 Å². The number of ether oxygens (including phenoxy) is 1. The highest BCUT2D eigenvalue weighted by Crippen LogP contribution is 2.35. The van der Waals surface area contributed by atoms with Crippen LogP contribution in [-0.4, -0.2) is 43.7 Å². The molecule has 1 unspecified atom stereocenters. The smallest absolute Gasteiger partial charge is 0.252 e. The lowest BCUT2D eigenvalue weighted by Crippen LogP contribution is -2.51. The number of hydrogen-bond donors (Lipinski definition) is 0. The molecular formula is C23H26N2O5S. The lowest BCUT2D eigenvalue weighted by Gasteiger charge is -2.36. The van der Waals surface area contributed by atoms with Crippen molar-refractivity contribution in [2.45, 2.75) is 55.5 Å². The first-order valence-electron chi connectivity index (χ1n) is 10.5. The molecule has 1 saturated carbocycles. The van der Waals surface area contributed by atoms with Gasteiger partial charge in [0.15, 0.2) is 0 Å². The van der Waals surface area contributed by atoms with Crippen LogP contribution in [-0.2, 0) is 19.6 Å². The number of carbonyl (C=O) groups excluding carboxylic acids is 2. The highest BCUT2D eigenvalue weighted by atomic mass is 32.2. The van der Waals surface area contributed by atoms with Crippen molar-refractivity contribution < 1.29 is 22.7 Å². The monoisotopic (exact) mass is 442 g/mol. The molecule has 8 heteroatoms. The van der Waals surface area contributed by atoms with Crippen molar-refractivity contribution in [2.75, 3.05) is 12.0 Å². The van der Waals surface area contributed by atoms with Gasteiger partial charge in [0.05, 0.1) is 24.1 Å². The van der Waals surface area contributed by atoms with E-state index in [0.29, 0.717) is 24.3 Å². The zero-order valence-corrected chi connectivity index (χ0v) is 18.3. The van der Waals surface area contributed by atoms with Gasteiger partial charge in [-0.25, -0.2) is 13.3 Å². The normalized spacial score (nSPS) is 20.5. The van der Waals surface area contributed by atoms with E-state index >= 15 is 0 Å². The van der Waals surface area contributed by atoms with Gasteiger partial charge in [0, 0.05) is 6.04 Å². The molecule has 0 aromatic heterocycles. The van der Waals surface area contributed by atoms with Crippen molar-refractivity contribution in [3.8, 4) is 5.75 Å². The summed E-state index contributed by atoms with van der Waals surface area (Å²) in [6, 6.07) is 13.4. The summed E-state index contributed by atoms with van der Waals surface area (Å²) in [5.41, 5.74) is 0.416. The predicted molar refractivity (Wildman–Crippen MR) is 116 cm³/mol. The SMILES string of the molecule is COc1ccc(N2C(=O)CC(N(C3CCCCC3)S(=O)(=O)c3ccccc3)C2=O)cc1. The topological polar surface area (TPSA) is 84.0 Å². The number of methoxy groups -OCH3 is 1. The minimum absolute atomic E-state index is 0.142. The van der Waals surface area contributed by atoms with E-state index in [1.54, 1.807) is 42.5 Å². The van der Waals surface area contributed by atoms with E-state index in [2.05, 4.69) is 0 Å². The van der Waals surface area contributed by atoms with Gasteiger partial charge in [-0.05, 0) is 49.2 Å². The van der Waals surface area contributed by atoms with Gasteiger partial charge in [0.25, 0.3) is 5.91 Å². The zero-order valence-electron chi connectivity index (χ0n) is 17.4. The second-order valence-electron chi connectivity index (χ2n) is 7.93. The van der Waals surface area contributed by atoms with Crippen LogP contribution in [0.1, 0.15) is 38.5 Å². The molecule has 2 aromatic carbocycles. The largest absolute Gasteiger partial charge is 0.497 e. The van der Waals surface area contributed by atoms with Crippen LogP contribution in [0.5, 0.6) is 5.75 Å². The Morgan fingerprint density at radius 3 is 2.19 bits per heavy atom. The van der Waals surface area contributed by atoms with Crippen molar-refractivity contribution in [1.29, 1.82) is 0 Å². The molecule has 164 valence electrons. The standard InChI is InChI=1S/C23H26N2O5S/c1-30-19-14-12-17(13-15-19)24-22(26)16-21(23(24)27)25(18-8-4-2-5-9-18)31(28,29)20-10-6-3-7-11-20/h3,6-7,10-15,18,21H,2,4-5,8-9,16H2,1H3. The van der Waals surface area contributed by atoms with Crippen molar-refractivity contribution in [1.82, 2.24) is 4.31 Å². The van der Waals surface area contributed by atoms with Crippen LogP contribution in [0.3, 0.4) is 0 Å². The molecule has 2 aliphatic rings. The molecule has 0 bridgehead atoms. The lowest BCUT2D eigenvalue weighted by molar-refractivity contribution is -0.122. The molecule has 31 heavy (non-hydrogen) atoms. The van der Waals surface area contributed by atoms with Gasteiger partial charge in [-0.2, -0.15) is 4.31 Å². The number of imide groups is 1. The van der Waals surface area contributed by atoms with Crippen LogP contribution in [0.4, 0.5) is 5.69 Å². The van der Waals surface area contributed by atoms with Gasteiger partial charge < -0.3 is 4.74 Å². The molecule has 1 aliphatic heterocycles. The summed E-state index contributed by atoms with van der Waals surface area (Å²) in [5, 5.41) is 0. The maximum atomic E-state index is 13.6. The second-order valence-corrected chi connectivity index (χ2v) is 9.77. The average molecular weight is 443 g/mol. The maximum Gasteiger partial charge on any atom is 0.252 e. The van der Waals surface area contributed by atoms with Gasteiger partial charge in [0.1, 0.15) is 11.8 Å². The van der Waals surface area contributed by atoms with Crippen LogP contribution in [0, 0.1) is 0 Å². The molecule has 0 spiro atoms. The van der Waals surface area contributed by atoms with E-state index in [4.69, 9.17) is 4.74 Å². The first-order valence-corrected chi connectivity index (χ1v) is 12.0. The van der Waals surface area contributed by atoms with E-state index in [0.717, 1.165) is 24.2 Å². The fraction of sp³-hybridized carbons (Fsp3) is 0.391. The molecule has 2 amide bonds. The van der Waals surface area contributed by atoms with E-state index in [1.807, 2.05) is 0 Å². The third kappa shape index (κ3) is 4.09. The van der Waals surface area contributed by atoms with Crippen molar-refractivity contribution >= 4 is 27.5 Å². The molecule has 1 heterocycles. The van der Waals surface area contributed by atoms with Crippen molar-refractivity contribution in [2.24, 2.45) is 0 Å². The van der Waals surface area contributed by atoms with E-state index in [1.165, 1.54) is 23.5 Å². The zero-order chi connectivity index (χ0) is 22.0. The molecular weight excluding hydrogens is 416 g/mol. The van der Waals surface area contributed by atoms with E-state index in [9.17, 15) is 18.0 Å². The Morgan fingerprint density at radius 1 is 0.935 bits per heavy atom. The first-order chi connectivity index (χ1) is 14.9. The summed E-state index contributed by atoms with van der Waals surface area (Å²) in [4.78, 5) is 27.5. The summed E-state index contributed by atoms with van der Waals surface area (Å²) >= 11 is 0. The lowest BCUT2D eigenvalue weighted by atomic mass is 9.94. The van der Waals surface area contributed by atoms with Crippen molar-refractivity contribution in [3.63, 3.8) is 0 Å². The molecule has 2 aromatic rings. The van der Waals surface area contributed by atoms with Crippen molar-refractivity contribution in [3.05, 3.63) is 54.6 Å². The number of carbonyl (C=O) groups is 2. The van der Waals surface area contributed by atoms with E-state index < -0.39 is 27.9 Å². The molecule has 0 radical (unpaired) electrons. The van der Waals surface area contributed by atoms with Gasteiger partial charge in [-0.1, -0.05) is 37.5 Å². The number of rotatable bonds is 6. The Labute approximate surface area is 182 Å². The molecule has 7 nitrogen and oxygen atoms in total. The quantitative estimate of drug-likeness (QED) is 0.641. The fourth-order valence-corrected chi connectivity index (χ4v) is 6.33. The minimum Gasteiger partial charge on any atom is -0.497 e. The summed E-state index contributed by atoms with van der Waals surface area (Å²) in [5.74, 6) is -0.292. The van der Waals surface area contributed by atoms with Crippen LogP contribution in [0.25, 0.3) is 0 Å². The third-order valence-corrected chi connectivity index (χ3v) is 7.99. The highest BCUT2D eigenvalue weighted by Gasteiger charge is 2.49. The highest BCUT2D eigenvalue weighted by molar-refractivity contribution is 7.89. The Balaban J connectivity index is 1.71. The number of nitrogens with zero attached hydrogens (tertiary/aromatic N) is 2. The number of anilines is 1. The molecule has 4 rings (SSSR count). The Morgan fingerprint density at radius 2 is 1.58 bits per heavy atom. The van der Waals surface area contributed by atoms with Gasteiger partial charge in [-0.3, -0.25) is 9.59 Å². The summed E-state index contributed by atoms with van der Waals surface area (Å²) in [6.07, 6.45) is 4.07. The predicted octanol–water partition coefficient (Wildman–Crippen LogP) is 3.35. The Hall–Kier alpha value is -2.71. The van der Waals surface area contributed by atoms with Crippen LogP contribution < -0.4 is 9.64 Å². The number of benzene rings is 2. The molecule has 2 fully saturated rings. The van der Waals surface area contributed by atoms with Gasteiger partial charge in [0.2, 0.25) is 15.9 Å². The Kier molecular flexibility index (Phi) is 6.11. The summed E-state index contributed by atoms with van der Waals surface area (Å²) < 4.78 is 33.7. The van der Waals surface area contributed by atoms with Gasteiger partial charge >= 0.3 is 0 Å². The molecule has 0 N–H and O–H groups in total. The average Bonchev–Trinajstić information content (AvgIpc) is 3.08. The summed E-state index contributed by atoms with van der Waals surface area (Å²) in [6.45, 7) is 0. The van der Waals surface area contributed by atoms with Crippen LogP contribution in [0.2, 0.25) is 0 Å². The summed E-state index contributed by atoms with van der Waals surface area (Å²) in [7, 11) is -2.41. The molecule has 1 saturated heterocycles. The van der Waals surface area contributed by atoms with Crippen LogP contribution in [0.15, 0.2) is 59.5 Å². The number of amides is 2. The fourth-order valence-electron chi connectivity index (χ4n) is 4.49. The minimum atomic E-state index is -3.94. The maximum absolute atomic E-state index is 13.6. The molecule has 1 atom stereocenters. The second kappa shape index (κ2) is 8.80. The Bertz CT molecular complexity index is 1050. The van der Waals surface area contributed by atoms with Crippen LogP contribution >= 0.6 is 0 Å². The third-order valence-electron chi connectivity index (χ3n) is 6.01.